The molecular weight excluding hydrogens is 625 g/mol. The number of aromatic nitrogens is 1. The van der Waals surface area contributed by atoms with Gasteiger partial charge in [0.05, 0.1) is 45.9 Å². The molecule has 0 radical (unpaired) electrons. The monoisotopic (exact) mass is 652 g/mol. The van der Waals surface area contributed by atoms with E-state index in [1.165, 1.54) is 0 Å². The third kappa shape index (κ3) is 4.80. The second-order valence-corrected chi connectivity index (χ2v) is 16.0. The molecule has 0 N–H and O–H groups in total. The highest BCUT2D eigenvalue weighted by Gasteiger charge is 2.43. The summed E-state index contributed by atoms with van der Waals surface area (Å²) in [6.45, 7) is 0. The number of rotatable bonds is 6. The van der Waals surface area contributed by atoms with Crippen LogP contribution in [0.2, 0.25) is 0 Å². The van der Waals surface area contributed by atoms with Crippen molar-refractivity contribution in [1.82, 2.24) is 4.57 Å². The van der Waals surface area contributed by atoms with E-state index in [4.69, 9.17) is 0 Å². The predicted octanol–water partition coefficient (Wildman–Crippen LogP) is 7.44. The molecule has 0 atom stereocenters. The Balaban J connectivity index is 1.43. The van der Waals surface area contributed by atoms with E-state index in [0.29, 0.717) is 16.7 Å². The van der Waals surface area contributed by atoms with Crippen molar-refractivity contribution in [2.75, 3.05) is 0 Å². The fraction of sp³-hybridized carbons (Fsp3) is 0. The summed E-state index contributed by atoms with van der Waals surface area (Å²) >= 11 is 0. The zero-order valence-corrected chi connectivity index (χ0v) is 28.0. The highest BCUT2D eigenvalue weighted by molar-refractivity contribution is 7.20. The van der Waals surface area contributed by atoms with Crippen LogP contribution in [-0.2, 0) is 0 Å². The molecule has 0 amide bonds. The van der Waals surface area contributed by atoms with Crippen LogP contribution < -0.4 is 20.7 Å². The fourth-order valence-electron chi connectivity index (χ4n) is 7.50. The van der Waals surface area contributed by atoms with E-state index in [-0.39, 0.29) is 0 Å². The van der Waals surface area contributed by atoms with Gasteiger partial charge in [0.25, 0.3) is 0 Å². The SMILES string of the molecule is N#Cc1ccc2c(c1)c1ccccc1n2-c1cccc(-c2cc([Si](c3ccccc3)(c3ccccc3)c3ccccc3)c(C#N)cc2C#N)c1. The van der Waals surface area contributed by atoms with Gasteiger partial charge in [0, 0.05) is 16.5 Å². The van der Waals surface area contributed by atoms with E-state index >= 15 is 0 Å². The number of nitrogens with zero attached hydrogens (tertiary/aromatic N) is 4. The molecule has 8 aromatic rings. The van der Waals surface area contributed by atoms with E-state index < -0.39 is 8.07 Å². The van der Waals surface area contributed by atoms with Crippen LogP contribution in [0.15, 0.2) is 170 Å². The summed E-state index contributed by atoms with van der Waals surface area (Å²) in [5, 5.41) is 37.4. The first-order valence-corrected chi connectivity index (χ1v) is 18.4. The number of nitriles is 3. The van der Waals surface area contributed by atoms with Crippen LogP contribution in [0.5, 0.6) is 0 Å². The molecule has 0 bridgehead atoms. The topological polar surface area (TPSA) is 76.3 Å². The number of hydrogen-bond donors (Lipinski definition) is 0. The summed E-state index contributed by atoms with van der Waals surface area (Å²) in [6, 6.07) is 64.8. The van der Waals surface area contributed by atoms with Gasteiger partial charge in [-0.25, -0.2) is 0 Å². The van der Waals surface area contributed by atoms with Crippen molar-refractivity contribution in [2.45, 2.75) is 0 Å². The van der Waals surface area contributed by atoms with Gasteiger partial charge in [-0.05, 0) is 74.3 Å². The van der Waals surface area contributed by atoms with E-state index in [9.17, 15) is 15.8 Å². The lowest BCUT2D eigenvalue weighted by atomic mass is 9.97. The number of benzene rings is 7. The van der Waals surface area contributed by atoms with Gasteiger partial charge in [-0.1, -0.05) is 127 Å². The zero-order chi connectivity index (χ0) is 34.1. The van der Waals surface area contributed by atoms with Gasteiger partial charge in [0.15, 0.2) is 8.07 Å². The number of para-hydroxylation sites is 1. The fourth-order valence-corrected chi connectivity index (χ4v) is 12.4. The number of fused-ring (bicyclic) bond motifs is 3. The molecule has 1 heterocycles. The first-order chi connectivity index (χ1) is 24.7. The second kappa shape index (κ2) is 12.6. The molecule has 0 saturated heterocycles. The van der Waals surface area contributed by atoms with Crippen LogP contribution in [0, 0.1) is 34.0 Å². The quantitative estimate of drug-likeness (QED) is 0.138. The average molecular weight is 653 g/mol. The molecule has 0 aliphatic heterocycles. The van der Waals surface area contributed by atoms with Gasteiger partial charge in [-0.3, -0.25) is 0 Å². The molecule has 5 heteroatoms. The Bertz CT molecular complexity index is 2580. The van der Waals surface area contributed by atoms with E-state index in [1.807, 2.05) is 60.7 Å². The average Bonchev–Trinajstić information content (AvgIpc) is 3.53. The normalized spacial score (nSPS) is 11.1. The molecule has 50 heavy (non-hydrogen) atoms. The predicted molar refractivity (Wildman–Crippen MR) is 204 cm³/mol. The minimum Gasteiger partial charge on any atom is -0.309 e. The third-order valence-corrected chi connectivity index (χ3v) is 14.5. The molecule has 0 fully saturated rings. The first-order valence-electron chi connectivity index (χ1n) is 16.4. The molecule has 232 valence electrons. The lowest BCUT2D eigenvalue weighted by molar-refractivity contribution is 1.18. The molecule has 0 unspecified atom stereocenters. The Morgan fingerprint density at radius 1 is 0.440 bits per heavy atom. The van der Waals surface area contributed by atoms with Gasteiger partial charge >= 0.3 is 0 Å². The van der Waals surface area contributed by atoms with Crippen molar-refractivity contribution in [1.29, 1.82) is 15.8 Å². The molecule has 4 nitrogen and oxygen atoms in total. The van der Waals surface area contributed by atoms with Crippen LogP contribution in [0.1, 0.15) is 16.7 Å². The summed E-state index contributed by atoms with van der Waals surface area (Å²) in [6.07, 6.45) is 0. The smallest absolute Gasteiger partial charge is 0.180 e. The second-order valence-electron chi connectivity index (χ2n) is 12.3. The van der Waals surface area contributed by atoms with E-state index in [1.54, 1.807) is 6.07 Å². The highest BCUT2D eigenvalue weighted by Crippen LogP contribution is 2.34. The molecule has 7 aromatic carbocycles. The largest absolute Gasteiger partial charge is 0.309 e. The summed E-state index contributed by atoms with van der Waals surface area (Å²) in [7, 11) is -3.08. The third-order valence-electron chi connectivity index (χ3n) is 9.64. The summed E-state index contributed by atoms with van der Waals surface area (Å²) in [4.78, 5) is 0. The maximum Gasteiger partial charge on any atom is 0.180 e. The van der Waals surface area contributed by atoms with Gasteiger partial charge in [0.2, 0.25) is 0 Å². The molecular formula is C45H28N4Si. The lowest BCUT2D eigenvalue weighted by Gasteiger charge is -2.35. The van der Waals surface area contributed by atoms with Crippen molar-refractivity contribution < 1.29 is 0 Å². The molecule has 8 rings (SSSR count). The van der Waals surface area contributed by atoms with Crippen molar-refractivity contribution in [3.8, 4) is 35.0 Å². The van der Waals surface area contributed by atoms with Crippen LogP contribution in [0.4, 0.5) is 0 Å². The molecule has 0 aliphatic carbocycles. The maximum atomic E-state index is 10.8. The molecule has 0 spiro atoms. The van der Waals surface area contributed by atoms with Crippen molar-refractivity contribution in [3.63, 3.8) is 0 Å². The lowest BCUT2D eigenvalue weighted by Crippen LogP contribution is -2.75. The van der Waals surface area contributed by atoms with E-state index in [2.05, 4.69) is 126 Å². The summed E-state index contributed by atoms with van der Waals surface area (Å²) in [5.41, 5.74) is 6.16. The molecule has 1 aromatic heterocycles. The van der Waals surface area contributed by atoms with Crippen molar-refractivity contribution in [3.05, 3.63) is 187 Å². The van der Waals surface area contributed by atoms with E-state index in [0.717, 1.165) is 59.4 Å². The van der Waals surface area contributed by atoms with Crippen LogP contribution in [-0.4, -0.2) is 12.6 Å². The van der Waals surface area contributed by atoms with Crippen molar-refractivity contribution >= 4 is 50.6 Å². The zero-order valence-electron chi connectivity index (χ0n) is 27.0. The van der Waals surface area contributed by atoms with Gasteiger partial charge in [-0.15, -0.1) is 0 Å². The maximum absolute atomic E-state index is 10.8. The van der Waals surface area contributed by atoms with Gasteiger partial charge < -0.3 is 4.57 Å². The van der Waals surface area contributed by atoms with Crippen LogP contribution >= 0.6 is 0 Å². The van der Waals surface area contributed by atoms with Gasteiger partial charge in [-0.2, -0.15) is 15.8 Å². The van der Waals surface area contributed by atoms with Gasteiger partial charge in [0.1, 0.15) is 0 Å². The summed E-state index contributed by atoms with van der Waals surface area (Å²) < 4.78 is 2.21. The Morgan fingerprint density at radius 3 is 1.62 bits per heavy atom. The van der Waals surface area contributed by atoms with Crippen molar-refractivity contribution in [2.24, 2.45) is 0 Å². The Hall–Kier alpha value is -6.97. The number of hydrogen-bond acceptors (Lipinski definition) is 3. The van der Waals surface area contributed by atoms with Crippen LogP contribution in [0.25, 0.3) is 38.6 Å². The minimum atomic E-state index is -3.08. The Morgan fingerprint density at radius 2 is 1.02 bits per heavy atom. The minimum absolute atomic E-state index is 0.445. The molecule has 0 saturated carbocycles. The first kappa shape index (κ1) is 30.4. The standard InChI is InChI=1S/C45H28N4Si/c46-29-32-23-24-44-42(25-32)40-21-10-11-22-43(40)49(44)36-14-12-13-33(27-36)41-28-45(35(31-48)26-34(41)30-47)50(37-15-4-1-5-16-37,38-17-6-2-7-18-38)39-19-8-3-9-20-39/h1-28H. The summed E-state index contributed by atoms with van der Waals surface area (Å²) in [5.74, 6) is 0. The van der Waals surface area contributed by atoms with Crippen LogP contribution in [0.3, 0.4) is 0 Å². The molecule has 0 aliphatic rings. The Kier molecular flexibility index (Phi) is 7.63. The highest BCUT2D eigenvalue weighted by atomic mass is 28.3. The Labute approximate surface area is 291 Å².